The Hall–Kier alpha value is -3.79. The molecule has 7 nitrogen and oxygen atoms in total. The molecule has 0 fully saturated rings. The van der Waals surface area contributed by atoms with Gasteiger partial charge in [0.1, 0.15) is 10.8 Å². The van der Waals surface area contributed by atoms with Crippen molar-refractivity contribution < 1.29 is 17.9 Å². The second-order valence-electron chi connectivity index (χ2n) is 8.52. The maximum atomic E-state index is 13.7. The molecule has 2 aromatic carbocycles. The molecule has 0 aliphatic carbocycles. The first-order valence-electron chi connectivity index (χ1n) is 11.2. The number of rotatable bonds is 5. The molecule has 1 N–H and O–H groups in total. The summed E-state index contributed by atoms with van der Waals surface area (Å²) < 4.78 is 48.9. The van der Waals surface area contributed by atoms with E-state index in [1.165, 1.54) is 18.3 Å². The van der Waals surface area contributed by atoms with Crippen molar-refractivity contribution in [1.82, 2.24) is 19.7 Å². The number of hydrogen-bond acceptors (Lipinski definition) is 5. The normalized spacial score (nSPS) is 13.5. The SMILES string of the molecule is Cc1cccc(Oc2nc3c(n2Cc2ccccc2C(F)(F)F)CCN(c2cn[nH]c(=O)c2Cl)C3)c1. The third-order valence-corrected chi connectivity index (χ3v) is 6.41. The number of aromatic nitrogens is 4. The van der Waals surface area contributed by atoms with Gasteiger partial charge in [0.2, 0.25) is 0 Å². The first kappa shape index (κ1) is 23.9. The number of benzene rings is 2. The maximum Gasteiger partial charge on any atom is 0.416 e. The fraction of sp³-hybridized carbons (Fsp3) is 0.240. The van der Waals surface area contributed by atoms with Crippen molar-refractivity contribution in [3.8, 4) is 11.8 Å². The Morgan fingerprint density at radius 1 is 1.17 bits per heavy atom. The van der Waals surface area contributed by atoms with Gasteiger partial charge in [0.25, 0.3) is 5.56 Å². The largest absolute Gasteiger partial charge is 0.425 e. The molecule has 36 heavy (non-hydrogen) atoms. The van der Waals surface area contributed by atoms with Gasteiger partial charge in [-0.2, -0.15) is 23.3 Å². The lowest BCUT2D eigenvalue weighted by Crippen LogP contribution is -2.32. The topological polar surface area (TPSA) is 76.0 Å². The molecule has 0 saturated carbocycles. The van der Waals surface area contributed by atoms with Crippen molar-refractivity contribution in [3.05, 3.63) is 98.2 Å². The van der Waals surface area contributed by atoms with E-state index in [0.29, 0.717) is 30.1 Å². The van der Waals surface area contributed by atoms with Gasteiger partial charge in [-0.1, -0.05) is 41.9 Å². The Balaban J connectivity index is 1.56. The molecule has 186 valence electrons. The molecule has 4 aromatic rings. The van der Waals surface area contributed by atoms with Crippen LogP contribution in [0.5, 0.6) is 11.8 Å². The molecule has 0 unspecified atom stereocenters. The molecule has 0 spiro atoms. The molecule has 0 amide bonds. The minimum Gasteiger partial charge on any atom is -0.425 e. The standard InChI is InChI=1S/C25H21ClF3N5O2/c1-15-5-4-7-17(11-15)36-24-31-19-14-33(21-12-30-32-23(35)22(21)26)10-9-20(19)34(24)13-16-6-2-3-8-18(16)25(27,28)29/h2-8,11-12H,9-10,13-14H2,1H3,(H,32,35). The number of alkyl halides is 3. The molecule has 0 atom stereocenters. The predicted octanol–water partition coefficient (Wildman–Crippen LogP) is 5.35. The van der Waals surface area contributed by atoms with Crippen LogP contribution in [0, 0.1) is 6.92 Å². The van der Waals surface area contributed by atoms with Gasteiger partial charge >= 0.3 is 12.2 Å². The lowest BCUT2D eigenvalue weighted by atomic mass is 10.1. The van der Waals surface area contributed by atoms with Crippen LogP contribution in [0.1, 0.15) is 28.1 Å². The van der Waals surface area contributed by atoms with E-state index in [-0.39, 0.29) is 29.7 Å². The second-order valence-corrected chi connectivity index (χ2v) is 8.90. The van der Waals surface area contributed by atoms with E-state index in [1.54, 1.807) is 16.7 Å². The van der Waals surface area contributed by atoms with Gasteiger partial charge in [0.05, 0.1) is 36.2 Å². The van der Waals surface area contributed by atoms with E-state index >= 15 is 0 Å². The summed E-state index contributed by atoms with van der Waals surface area (Å²) in [4.78, 5) is 18.5. The highest BCUT2D eigenvalue weighted by molar-refractivity contribution is 6.33. The number of ether oxygens (including phenoxy) is 1. The summed E-state index contributed by atoms with van der Waals surface area (Å²) >= 11 is 6.20. The van der Waals surface area contributed by atoms with Crippen LogP contribution in [0.2, 0.25) is 5.02 Å². The first-order valence-corrected chi connectivity index (χ1v) is 11.5. The summed E-state index contributed by atoms with van der Waals surface area (Å²) in [5.74, 6) is 0.529. The molecule has 11 heteroatoms. The average molecular weight is 516 g/mol. The highest BCUT2D eigenvalue weighted by Crippen LogP contribution is 2.35. The smallest absolute Gasteiger partial charge is 0.416 e. The van der Waals surface area contributed by atoms with E-state index in [1.807, 2.05) is 30.0 Å². The van der Waals surface area contributed by atoms with Crippen molar-refractivity contribution in [1.29, 1.82) is 0 Å². The summed E-state index contributed by atoms with van der Waals surface area (Å²) in [6.07, 6.45) is -2.57. The van der Waals surface area contributed by atoms with Crippen LogP contribution in [-0.2, 0) is 25.7 Å². The van der Waals surface area contributed by atoms with Gasteiger partial charge in [-0.25, -0.2) is 5.10 Å². The fourth-order valence-electron chi connectivity index (χ4n) is 4.35. The van der Waals surface area contributed by atoms with Gasteiger partial charge in [-0.15, -0.1) is 0 Å². The fourth-order valence-corrected chi connectivity index (χ4v) is 4.56. The monoisotopic (exact) mass is 515 g/mol. The van der Waals surface area contributed by atoms with Crippen LogP contribution >= 0.6 is 11.6 Å². The molecule has 3 heterocycles. The van der Waals surface area contributed by atoms with Crippen molar-refractivity contribution in [3.63, 3.8) is 0 Å². The summed E-state index contributed by atoms with van der Waals surface area (Å²) in [6.45, 7) is 2.61. The zero-order valence-electron chi connectivity index (χ0n) is 19.1. The third-order valence-electron chi connectivity index (χ3n) is 6.05. The van der Waals surface area contributed by atoms with Crippen LogP contribution in [0.3, 0.4) is 0 Å². The highest BCUT2D eigenvalue weighted by atomic mass is 35.5. The quantitative estimate of drug-likeness (QED) is 0.388. The maximum absolute atomic E-state index is 13.7. The number of nitrogens with zero attached hydrogens (tertiary/aromatic N) is 4. The summed E-state index contributed by atoms with van der Waals surface area (Å²) in [5.41, 5.74) is 1.74. The third kappa shape index (κ3) is 4.68. The molecule has 1 aliphatic heterocycles. The number of H-pyrrole nitrogens is 1. The van der Waals surface area contributed by atoms with Crippen molar-refractivity contribution in [2.45, 2.75) is 32.6 Å². The zero-order valence-corrected chi connectivity index (χ0v) is 19.9. The minimum atomic E-state index is -4.49. The van der Waals surface area contributed by atoms with Gasteiger partial charge in [-0.05, 0) is 36.2 Å². The number of aryl methyl sites for hydroxylation is 1. The van der Waals surface area contributed by atoms with Crippen molar-refractivity contribution in [2.24, 2.45) is 0 Å². The Morgan fingerprint density at radius 3 is 2.75 bits per heavy atom. The molecule has 0 bridgehead atoms. The number of aromatic amines is 1. The number of imidazole rings is 1. The van der Waals surface area contributed by atoms with Gasteiger partial charge < -0.3 is 9.64 Å². The summed E-state index contributed by atoms with van der Waals surface area (Å²) in [5, 5.41) is 6.14. The molecule has 0 radical (unpaired) electrons. The van der Waals surface area contributed by atoms with E-state index < -0.39 is 17.3 Å². The lowest BCUT2D eigenvalue weighted by Gasteiger charge is -2.29. The predicted molar refractivity (Wildman–Crippen MR) is 129 cm³/mol. The van der Waals surface area contributed by atoms with E-state index in [9.17, 15) is 18.0 Å². The van der Waals surface area contributed by atoms with Crippen LogP contribution in [0.25, 0.3) is 0 Å². The van der Waals surface area contributed by atoms with Gasteiger partial charge in [0.15, 0.2) is 0 Å². The molecular formula is C25H21ClF3N5O2. The molecule has 1 aliphatic rings. The summed E-state index contributed by atoms with van der Waals surface area (Å²) in [7, 11) is 0. The Bertz CT molecular complexity index is 1480. The first-order chi connectivity index (χ1) is 17.2. The highest BCUT2D eigenvalue weighted by Gasteiger charge is 2.34. The average Bonchev–Trinajstić information content (AvgIpc) is 3.16. The number of nitrogens with one attached hydrogen (secondary N) is 1. The number of halogens is 4. The molecular weight excluding hydrogens is 495 g/mol. The van der Waals surface area contributed by atoms with Crippen LogP contribution in [-0.4, -0.2) is 26.3 Å². The van der Waals surface area contributed by atoms with Crippen molar-refractivity contribution in [2.75, 3.05) is 11.4 Å². The Labute approximate surface area is 209 Å². The van der Waals surface area contributed by atoms with E-state index in [2.05, 4.69) is 15.2 Å². The number of fused-ring (bicyclic) bond motifs is 1. The molecule has 2 aromatic heterocycles. The van der Waals surface area contributed by atoms with Gasteiger partial charge in [-0.3, -0.25) is 9.36 Å². The molecule has 5 rings (SSSR count). The number of hydrogen-bond donors (Lipinski definition) is 1. The van der Waals surface area contributed by atoms with Gasteiger partial charge in [0, 0.05) is 18.7 Å². The van der Waals surface area contributed by atoms with Crippen LogP contribution in [0.4, 0.5) is 18.9 Å². The zero-order chi connectivity index (χ0) is 25.4. The Kier molecular flexibility index (Phi) is 6.21. The molecule has 0 saturated heterocycles. The summed E-state index contributed by atoms with van der Waals surface area (Å²) in [6, 6.07) is 13.0. The lowest BCUT2D eigenvalue weighted by molar-refractivity contribution is -0.138. The second kappa shape index (κ2) is 9.34. The van der Waals surface area contributed by atoms with Crippen LogP contribution in [0.15, 0.2) is 59.5 Å². The van der Waals surface area contributed by atoms with E-state index in [0.717, 1.165) is 17.3 Å². The Morgan fingerprint density at radius 2 is 1.97 bits per heavy atom. The van der Waals surface area contributed by atoms with Crippen LogP contribution < -0.4 is 15.2 Å². The minimum absolute atomic E-state index is 0.0169. The van der Waals surface area contributed by atoms with E-state index in [4.69, 9.17) is 16.3 Å². The van der Waals surface area contributed by atoms with Crippen molar-refractivity contribution >= 4 is 17.3 Å². The number of anilines is 1.